The van der Waals surface area contributed by atoms with E-state index in [-0.39, 0.29) is 6.10 Å². The largest absolute Gasteiger partial charge is 0.388 e. The molecular formula is C16H25ClO. The van der Waals surface area contributed by atoms with Crippen molar-refractivity contribution in [1.82, 2.24) is 0 Å². The van der Waals surface area contributed by atoms with Crippen LogP contribution in [0, 0.1) is 0 Å². The van der Waals surface area contributed by atoms with E-state index in [0.29, 0.717) is 5.02 Å². The Morgan fingerprint density at radius 3 is 2.39 bits per heavy atom. The van der Waals surface area contributed by atoms with E-state index in [1.807, 2.05) is 24.3 Å². The Bertz CT molecular complexity index is 325. The molecule has 0 bridgehead atoms. The summed E-state index contributed by atoms with van der Waals surface area (Å²) in [7, 11) is 0. The van der Waals surface area contributed by atoms with E-state index in [0.717, 1.165) is 18.4 Å². The van der Waals surface area contributed by atoms with Gasteiger partial charge in [0.05, 0.1) is 6.10 Å². The van der Waals surface area contributed by atoms with E-state index in [1.165, 1.54) is 38.5 Å². The number of aliphatic hydroxyl groups is 1. The number of unbranched alkanes of at least 4 members (excludes halogenated alkanes) is 6. The van der Waals surface area contributed by atoms with Gasteiger partial charge in [0, 0.05) is 5.02 Å². The molecular weight excluding hydrogens is 244 g/mol. The van der Waals surface area contributed by atoms with Crippen LogP contribution in [0.4, 0.5) is 0 Å². The predicted molar refractivity (Wildman–Crippen MR) is 79.0 cm³/mol. The van der Waals surface area contributed by atoms with Gasteiger partial charge in [0.1, 0.15) is 0 Å². The summed E-state index contributed by atoms with van der Waals surface area (Å²) in [6.45, 7) is 2.24. The van der Waals surface area contributed by atoms with Gasteiger partial charge in [-0.25, -0.2) is 0 Å². The monoisotopic (exact) mass is 268 g/mol. The maximum atomic E-state index is 10.0. The third kappa shape index (κ3) is 6.42. The molecule has 0 aliphatic heterocycles. The van der Waals surface area contributed by atoms with Crippen LogP contribution in [0.2, 0.25) is 5.02 Å². The van der Waals surface area contributed by atoms with Crippen LogP contribution < -0.4 is 0 Å². The van der Waals surface area contributed by atoms with Crippen molar-refractivity contribution in [2.45, 2.75) is 64.4 Å². The molecule has 1 N–H and O–H groups in total. The molecule has 0 heterocycles. The molecule has 1 rings (SSSR count). The van der Waals surface area contributed by atoms with Crippen LogP contribution in [-0.2, 0) is 0 Å². The Balaban J connectivity index is 2.12. The minimum Gasteiger partial charge on any atom is -0.388 e. The van der Waals surface area contributed by atoms with Gasteiger partial charge in [-0.05, 0) is 24.1 Å². The van der Waals surface area contributed by atoms with E-state index in [2.05, 4.69) is 6.92 Å². The maximum absolute atomic E-state index is 10.0. The van der Waals surface area contributed by atoms with Crippen LogP contribution in [0.1, 0.15) is 70.0 Å². The van der Waals surface area contributed by atoms with Gasteiger partial charge >= 0.3 is 0 Å². The van der Waals surface area contributed by atoms with Crippen molar-refractivity contribution in [1.29, 1.82) is 0 Å². The second-order valence-electron chi connectivity index (χ2n) is 4.98. The first-order chi connectivity index (χ1) is 8.74. The fraction of sp³-hybridized carbons (Fsp3) is 0.625. The Kier molecular flexibility index (Phi) is 8.11. The second kappa shape index (κ2) is 9.41. The first-order valence-corrected chi connectivity index (χ1v) is 7.55. The highest BCUT2D eigenvalue weighted by Gasteiger charge is 2.07. The lowest BCUT2D eigenvalue weighted by molar-refractivity contribution is 0.163. The summed E-state index contributed by atoms with van der Waals surface area (Å²) >= 11 is 5.91. The fourth-order valence-corrected chi connectivity index (χ4v) is 2.37. The van der Waals surface area contributed by atoms with E-state index in [4.69, 9.17) is 11.6 Å². The lowest BCUT2D eigenvalue weighted by atomic mass is 10.0. The van der Waals surface area contributed by atoms with Gasteiger partial charge in [-0.2, -0.15) is 0 Å². The lowest BCUT2D eigenvalue weighted by Gasteiger charge is -2.11. The van der Waals surface area contributed by atoms with Crippen LogP contribution in [0.5, 0.6) is 0 Å². The zero-order valence-corrected chi connectivity index (χ0v) is 12.1. The van der Waals surface area contributed by atoms with Crippen LogP contribution in [0.15, 0.2) is 24.3 Å². The molecule has 1 aromatic rings. The molecule has 0 spiro atoms. The Morgan fingerprint density at radius 1 is 1.06 bits per heavy atom. The summed E-state index contributed by atoms with van der Waals surface area (Å²) in [4.78, 5) is 0. The van der Waals surface area contributed by atoms with Crippen molar-refractivity contribution in [3.8, 4) is 0 Å². The van der Waals surface area contributed by atoms with Gasteiger partial charge in [0.2, 0.25) is 0 Å². The van der Waals surface area contributed by atoms with E-state index >= 15 is 0 Å². The molecule has 1 aromatic carbocycles. The van der Waals surface area contributed by atoms with Crippen LogP contribution >= 0.6 is 11.6 Å². The number of aliphatic hydroxyl groups excluding tert-OH is 1. The quantitative estimate of drug-likeness (QED) is 0.585. The molecule has 0 saturated heterocycles. The normalized spacial score (nSPS) is 12.6. The molecule has 0 fully saturated rings. The summed E-state index contributed by atoms with van der Waals surface area (Å²) in [5.41, 5.74) is 0.938. The fourth-order valence-electron chi connectivity index (χ4n) is 2.18. The number of hydrogen-bond donors (Lipinski definition) is 1. The Labute approximate surface area is 116 Å². The third-order valence-corrected chi connectivity index (χ3v) is 3.55. The summed E-state index contributed by atoms with van der Waals surface area (Å²) in [6, 6.07) is 7.53. The van der Waals surface area contributed by atoms with Gasteiger partial charge in [-0.1, -0.05) is 75.6 Å². The average Bonchev–Trinajstić information content (AvgIpc) is 2.37. The minimum absolute atomic E-state index is 0.362. The highest BCUT2D eigenvalue weighted by atomic mass is 35.5. The Hall–Kier alpha value is -0.530. The Morgan fingerprint density at radius 2 is 1.72 bits per heavy atom. The van der Waals surface area contributed by atoms with Crippen molar-refractivity contribution in [3.05, 3.63) is 34.9 Å². The molecule has 0 aliphatic carbocycles. The van der Waals surface area contributed by atoms with Crippen molar-refractivity contribution in [2.75, 3.05) is 0 Å². The highest BCUT2D eigenvalue weighted by molar-refractivity contribution is 6.30. The molecule has 102 valence electrons. The smallest absolute Gasteiger partial charge is 0.0790 e. The second-order valence-corrected chi connectivity index (χ2v) is 5.42. The number of benzene rings is 1. The topological polar surface area (TPSA) is 20.2 Å². The van der Waals surface area contributed by atoms with Gasteiger partial charge in [-0.3, -0.25) is 0 Å². The molecule has 0 saturated carbocycles. The van der Waals surface area contributed by atoms with Gasteiger partial charge in [0.25, 0.3) is 0 Å². The van der Waals surface area contributed by atoms with Crippen molar-refractivity contribution >= 4 is 11.6 Å². The SMILES string of the molecule is CCCCCCCCCC(O)c1cccc(Cl)c1. The molecule has 1 nitrogen and oxygen atoms in total. The molecule has 0 amide bonds. The number of rotatable bonds is 9. The standard InChI is InChI=1S/C16H25ClO/c1-2-3-4-5-6-7-8-12-16(18)14-10-9-11-15(17)13-14/h9-11,13,16,18H,2-8,12H2,1H3. The minimum atomic E-state index is -0.362. The first-order valence-electron chi connectivity index (χ1n) is 7.17. The third-order valence-electron chi connectivity index (χ3n) is 3.31. The first kappa shape index (κ1) is 15.5. The molecule has 0 aliphatic rings. The zero-order valence-electron chi connectivity index (χ0n) is 11.4. The van der Waals surface area contributed by atoms with Crippen LogP contribution in [0.3, 0.4) is 0 Å². The number of halogens is 1. The van der Waals surface area contributed by atoms with E-state index in [1.54, 1.807) is 0 Å². The van der Waals surface area contributed by atoms with Crippen LogP contribution in [-0.4, -0.2) is 5.11 Å². The van der Waals surface area contributed by atoms with E-state index < -0.39 is 0 Å². The predicted octanol–water partition coefficient (Wildman–Crippen LogP) is 5.51. The molecule has 2 heteroatoms. The molecule has 0 radical (unpaired) electrons. The molecule has 18 heavy (non-hydrogen) atoms. The maximum Gasteiger partial charge on any atom is 0.0790 e. The molecule has 0 aromatic heterocycles. The van der Waals surface area contributed by atoms with Crippen LogP contribution in [0.25, 0.3) is 0 Å². The highest BCUT2D eigenvalue weighted by Crippen LogP contribution is 2.22. The van der Waals surface area contributed by atoms with Gasteiger partial charge in [-0.15, -0.1) is 0 Å². The summed E-state index contributed by atoms with van der Waals surface area (Å²) in [6.07, 6.45) is 9.43. The molecule has 1 atom stereocenters. The lowest BCUT2D eigenvalue weighted by Crippen LogP contribution is -1.97. The van der Waals surface area contributed by atoms with Gasteiger partial charge < -0.3 is 5.11 Å². The number of hydrogen-bond acceptors (Lipinski definition) is 1. The van der Waals surface area contributed by atoms with Crippen molar-refractivity contribution < 1.29 is 5.11 Å². The van der Waals surface area contributed by atoms with Crippen molar-refractivity contribution in [3.63, 3.8) is 0 Å². The van der Waals surface area contributed by atoms with E-state index in [9.17, 15) is 5.11 Å². The summed E-state index contributed by atoms with van der Waals surface area (Å²) < 4.78 is 0. The average molecular weight is 269 g/mol. The zero-order chi connectivity index (χ0) is 13.2. The summed E-state index contributed by atoms with van der Waals surface area (Å²) in [5, 5.41) is 10.7. The van der Waals surface area contributed by atoms with Crippen molar-refractivity contribution in [2.24, 2.45) is 0 Å². The van der Waals surface area contributed by atoms with Gasteiger partial charge in [0.15, 0.2) is 0 Å². The molecule has 1 unspecified atom stereocenters. The summed E-state index contributed by atoms with van der Waals surface area (Å²) in [5.74, 6) is 0.